The fraction of sp³-hybridized carbons (Fsp3) is 0.500. The van der Waals surface area contributed by atoms with Gasteiger partial charge in [-0.15, -0.1) is 0 Å². The minimum absolute atomic E-state index is 0.101. The lowest BCUT2D eigenvalue weighted by Gasteiger charge is -2.31. The fourth-order valence-electron chi connectivity index (χ4n) is 2.19. The van der Waals surface area contributed by atoms with Crippen molar-refractivity contribution in [2.24, 2.45) is 5.92 Å². The molecule has 2 amide bonds. The van der Waals surface area contributed by atoms with Crippen molar-refractivity contribution in [3.63, 3.8) is 0 Å². The second-order valence-electron chi connectivity index (χ2n) is 5.01. The number of aliphatic hydroxyl groups is 1. The average Bonchev–Trinajstić information content (AvgIpc) is 2.43. The normalized spacial score (nSPS) is 16.5. The van der Waals surface area contributed by atoms with E-state index in [4.69, 9.17) is 16.7 Å². The van der Waals surface area contributed by atoms with Crippen molar-refractivity contribution < 1.29 is 9.90 Å². The number of aryl methyl sites for hydroxylation is 1. The average molecular weight is 283 g/mol. The van der Waals surface area contributed by atoms with E-state index in [0.29, 0.717) is 29.7 Å². The number of carbonyl (C=O) groups excluding carboxylic acids is 1. The summed E-state index contributed by atoms with van der Waals surface area (Å²) in [6, 6.07) is 5.39. The van der Waals surface area contributed by atoms with Crippen LogP contribution >= 0.6 is 11.6 Å². The van der Waals surface area contributed by atoms with E-state index < -0.39 is 0 Å². The Balaban J connectivity index is 1.92. The van der Waals surface area contributed by atoms with Gasteiger partial charge in [0.25, 0.3) is 0 Å². The Kier molecular flexibility index (Phi) is 4.66. The summed E-state index contributed by atoms with van der Waals surface area (Å²) in [5.74, 6) is 0.331. The number of anilines is 1. The van der Waals surface area contributed by atoms with E-state index in [1.54, 1.807) is 11.0 Å². The molecule has 1 aliphatic rings. The number of aliphatic hydroxyl groups excluding tert-OH is 1. The Hall–Kier alpha value is -1.26. The molecule has 0 radical (unpaired) electrons. The quantitative estimate of drug-likeness (QED) is 0.876. The Morgan fingerprint density at radius 2 is 2.16 bits per heavy atom. The van der Waals surface area contributed by atoms with Gasteiger partial charge in [0, 0.05) is 30.4 Å². The monoisotopic (exact) mass is 282 g/mol. The van der Waals surface area contributed by atoms with Crippen LogP contribution in [-0.4, -0.2) is 35.7 Å². The summed E-state index contributed by atoms with van der Waals surface area (Å²) in [7, 11) is 0. The van der Waals surface area contributed by atoms with Crippen LogP contribution in [0.5, 0.6) is 0 Å². The minimum Gasteiger partial charge on any atom is -0.396 e. The van der Waals surface area contributed by atoms with E-state index in [1.807, 2.05) is 19.1 Å². The zero-order valence-electron chi connectivity index (χ0n) is 11.0. The first-order chi connectivity index (χ1) is 9.10. The predicted octanol–water partition coefficient (Wildman–Crippen LogP) is 2.88. The highest BCUT2D eigenvalue weighted by Gasteiger charge is 2.22. The van der Waals surface area contributed by atoms with Crippen LogP contribution < -0.4 is 5.32 Å². The van der Waals surface area contributed by atoms with Gasteiger partial charge in [0.05, 0.1) is 0 Å². The van der Waals surface area contributed by atoms with Gasteiger partial charge in [-0.2, -0.15) is 0 Å². The number of likely N-dealkylation sites (tertiary alicyclic amines) is 1. The maximum Gasteiger partial charge on any atom is 0.321 e. The first-order valence-corrected chi connectivity index (χ1v) is 6.91. The summed E-state index contributed by atoms with van der Waals surface area (Å²) in [6.07, 6.45) is 1.72. The molecule has 1 heterocycles. The Bertz CT molecular complexity index is 457. The van der Waals surface area contributed by atoms with Gasteiger partial charge in [-0.25, -0.2) is 4.79 Å². The molecule has 0 saturated carbocycles. The zero-order valence-corrected chi connectivity index (χ0v) is 11.8. The van der Waals surface area contributed by atoms with Gasteiger partial charge in [0.15, 0.2) is 0 Å². The van der Waals surface area contributed by atoms with E-state index in [1.165, 1.54) is 0 Å². The molecule has 0 spiro atoms. The number of rotatable bonds is 2. The molecule has 19 heavy (non-hydrogen) atoms. The molecular formula is C14H19ClN2O2. The van der Waals surface area contributed by atoms with Crippen LogP contribution in [0.1, 0.15) is 18.4 Å². The molecule has 2 rings (SSSR count). The van der Waals surface area contributed by atoms with Gasteiger partial charge in [-0.3, -0.25) is 0 Å². The van der Waals surface area contributed by atoms with Crippen molar-refractivity contribution in [1.29, 1.82) is 0 Å². The van der Waals surface area contributed by atoms with E-state index in [0.717, 1.165) is 18.4 Å². The SMILES string of the molecule is Cc1ccc(NC(=O)N2CCC(CO)CC2)cc1Cl. The second kappa shape index (κ2) is 6.26. The molecule has 0 atom stereocenters. The standard InChI is InChI=1S/C14H19ClN2O2/c1-10-2-3-12(8-13(10)15)16-14(19)17-6-4-11(9-18)5-7-17/h2-3,8,11,18H,4-7,9H2,1H3,(H,16,19). The van der Waals surface area contributed by atoms with Gasteiger partial charge < -0.3 is 15.3 Å². The third kappa shape index (κ3) is 3.61. The van der Waals surface area contributed by atoms with Crippen LogP contribution in [0.3, 0.4) is 0 Å². The van der Waals surface area contributed by atoms with Crippen LogP contribution in [0.15, 0.2) is 18.2 Å². The molecule has 0 unspecified atom stereocenters. The van der Waals surface area contributed by atoms with Crippen molar-refractivity contribution in [3.05, 3.63) is 28.8 Å². The predicted molar refractivity (Wildman–Crippen MR) is 76.6 cm³/mol. The highest BCUT2D eigenvalue weighted by Crippen LogP contribution is 2.21. The van der Waals surface area contributed by atoms with Crippen LogP contribution in [0.2, 0.25) is 5.02 Å². The summed E-state index contributed by atoms with van der Waals surface area (Å²) < 4.78 is 0. The maximum atomic E-state index is 12.1. The Labute approximate surface area is 118 Å². The lowest BCUT2D eigenvalue weighted by molar-refractivity contribution is 0.143. The molecule has 0 aliphatic carbocycles. The number of nitrogens with one attached hydrogen (secondary N) is 1. The third-order valence-electron chi connectivity index (χ3n) is 3.58. The zero-order chi connectivity index (χ0) is 13.8. The summed E-state index contributed by atoms with van der Waals surface area (Å²) in [4.78, 5) is 13.8. The summed E-state index contributed by atoms with van der Waals surface area (Å²) >= 11 is 6.03. The number of hydrogen-bond acceptors (Lipinski definition) is 2. The summed E-state index contributed by atoms with van der Waals surface area (Å²) in [5, 5.41) is 12.6. The number of amides is 2. The van der Waals surface area contributed by atoms with Crippen LogP contribution in [0, 0.1) is 12.8 Å². The van der Waals surface area contributed by atoms with E-state index in [2.05, 4.69) is 5.32 Å². The Morgan fingerprint density at radius 3 is 2.74 bits per heavy atom. The number of benzene rings is 1. The molecule has 0 aromatic heterocycles. The van der Waals surface area contributed by atoms with Crippen LogP contribution in [0.4, 0.5) is 10.5 Å². The summed E-state index contributed by atoms with van der Waals surface area (Å²) in [6.45, 7) is 3.52. The largest absolute Gasteiger partial charge is 0.396 e. The van der Waals surface area contributed by atoms with Crippen molar-refractivity contribution in [1.82, 2.24) is 4.90 Å². The molecule has 5 heteroatoms. The van der Waals surface area contributed by atoms with E-state index >= 15 is 0 Å². The van der Waals surface area contributed by atoms with Gasteiger partial charge in [-0.1, -0.05) is 17.7 Å². The van der Waals surface area contributed by atoms with Gasteiger partial charge >= 0.3 is 6.03 Å². The molecule has 1 aliphatic heterocycles. The van der Waals surface area contributed by atoms with Gasteiger partial charge in [-0.05, 0) is 43.4 Å². The third-order valence-corrected chi connectivity index (χ3v) is 3.99. The molecule has 2 N–H and O–H groups in total. The lowest BCUT2D eigenvalue weighted by atomic mass is 9.98. The van der Waals surface area contributed by atoms with Gasteiger partial charge in [0.1, 0.15) is 0 Å². The second-order valence-corrected chi connectivity index (χ2v) is 5.41. The fourth-order valence-corrected chi connectivity index (χ4v) is 2.37. The van der Waals surface area contributed by atoms with Crippen molar-refractivity contribution in [2.75, 3.05) is 25.0 Å². The summed E-state index contributed by atoms with van der Waals surface area (Å²) in [5.41, 5.74) is 1.70. The Morgan fingerprint density at radius 1 is 1.47 bits per heavy atom. The molecule has 0 bridgehead atoms. The maximum absolute atomic E-state index is 12.1. The molecule has 1 saturated heterocycles. The first-order valence-electron chi connectivity index (χ1n) is 6.53. The molecule has 1 aromatic rings. The first kappa shape index (κ1) is 14.2. The number of nitrogens with zero attached hydrogens (tertiary/aromatic N) is 1. The smallest absolute Gasteiger partial charge is 0.321 e. The number of halogens is 1. The topological polar surface area (TPSA) is 52.6 Å². The molecular weight excluding hydrogens is 264 g/mol. The number of hydrogen-bond donors (Lipinski definition) is 2. The van der Waals surface area contributed by atoms with Crippen LogP contribution in [-0.2, 0) is 0 Å². The van der Waals surface area contributed by atoms with E-state index in [-0.39, 0.29) is 12.6 Å². The van der Waals surface area contributed by atoms with Crippen LogP contribution in [0.25, 0.3) is 0 Å². The number of carbonyl (C=O) groups is 1. The lowest BCUT2D eigenvalue weighted by Crippen LogP contribution is -2.41. The van der Waals surface area contributed by atoms with Crippen molar-refractivity contribution >= 4 is 23.3 Å². The molecule has 104 valence electrons. The number of urea groups is 1. The number of piperidine rings is 1. The molecule has 1 fully saturated rings. The molecule has 4 nitrogen and oxygen atoms in total. The highest BCUT2D eigenvalue weighted by atomic mass is 35.5. The van der Waals surface area contributed by atoms with Crippen molar-refractivity contribution in [3.8, 4) is 0 Å². The highest BCUT2D eigenvalue weighted by molar-refractivity contribution is 6.31. The molecule has 1 aromatic carbocycles. The van der Waals surface area contributed by atoms with Gasteiger partial charge in [0.2, 0.25) is 0 Å². The van der Waals surface area contributed by atoms with Crippen molar-refractivity contribution in [2.45, 2.75) is 19.8 Å². The van der Waals surface area contributed by atoms with E-state index in [9.17, 15) is 4.79 Å². The minimum atomic E-state index is -0.101.